The molecule has 0 saturated heterocycles. The van der Waals surface area contributed by atoms with Gasteiger partial charge in [0.15, 0.2) is 11.6 Å². The van der Waals surface area contributed by atoms with Crippen LogP contribution >= 0.6 is 0 Å². The molecular formula is C21H20N6O. The summed E-state index contributed by atoms with van der Waals surface area (Å²) >= 11 is 0. The minimum absolute atomic E-state index is 0.0277. The fourth-order valence-corrected chi connectivity index (χ4v) is 3.05. The molecule has 0 amide bonds. The topological polar surface area (TPSA) is 91.6 Å². The number of pyridine rings is 1. The summed E-state index contributed by atoms with van der Waals surface area (Å²) < 4.78 is 3.26. The van der Waals surface area contributed by atoms with Crippen molar-refractivity contribution in [3.63, 3.8) is 0 Å². The number of anilines is 1. The SMILES string of the molecule is CC(C)n1cc(-c2nc(-n3cccn3)c(N)nc2-c2ccccc2)ccc1=O. The third kappa shape index (κ3) is 3.18. The van der Waals surface area contributed by atoms with E-state index >= 15 is 0 Å². The fourth-order valence-electron chi connectivity index (χ4n) is 3.05. The van der Waals surface area contributed by atoms with Gasteiger partial charge < -0.3 is 10.3 Å². The van der Waals surface area contributed by atoms with Gasteiger partial charge in [-0.15, -0.1) is 0 Å². The first-order chi connectivity index (χ1) is 13.5. The van der Waals surface area contributed by atoms with E-state index in [1.807, 2.05) is 50.4 Å². The van der Waals surface area contributed by atoms with E-state index in [1.165, 1.54) is 0 Å². The number of benzene rings is 1. The second-order valence-electron chi connectivity index (χ2n) is 6.70. The quantitative estimate of drug-likeness (QED) is 0.593. The first-order valence-electron chi connectivity index (χ1n) is 9.00. The monoisotopic (exact) mass is 372 g/mol. The van der Waals surface area contributed by atoms with Crippen LogP contribution in [0.4, 0.5) is 5.82 Å². The highest BCUT2D eigenvalue weighted by Crippen LogP contribution is 2.31. The van der Waals surface area contributed by atoms with Crippen molar-refractivity contribution in [3.8, 4) is 28.3 Å². The molecule has 140 valence electrons. The highest BCUT2D eigenvalue weighted by atomic mass is 16.1. The van der Waals surface area contributed by atoms with Gasteiger partial charge in [0, 0.05) is 41.8 Å². The van der Waals surface area contributed by atoms with Crippen molar-refractivity contribution in [1.29, 1.82) is 0 Å². The highest BCUT2D eigenvalue weighted by Gasteiger charge is 2.17. The van der Waals surface area contributed by atoms with Crippen molar-refractivity contribution < 1.29 is 0 Å². The summed E-state index contributed by atoms with van der Waals surface area (Å²) in [6.45, 7) is 3.93. The molecule has 28 heavy (non-hydrogen) atoms. The van der Waals surface area contributed by atoms with Gasteiger partial charge in [-0.25, -0.2) is 14.6 Å². The van der Waals surface area contributed by atoms with Crippen molar-refractivity contribution in [1.82, 2.24) is 24.3 Å². The Labute approximate surface area is 162 Å². The van der Waals surface area contributed by atoms with E-state index in [2.05, 4.69) is 10.1 Å². The lowest BCUT2D eigenvalue weighted by Gasteiger charge is -2.15. The third-order valence-corrected chi connectivity index (χ3v) is 4.44. The number of aromatic nitrogens is 5. The molecule has 4 aromatic rings. The normalized spacial score (nSPS) is 11.1. The van der Waals surface area contributed by atoms with Crippen LogP contribution < -0.4 is 11.3 Å². The summed E-state index contributed by atoms with van der Waals surface area (Å²) in [6.07, 6.45) is 5.23. The molecule has 0 bridgehead atoms. The predicted molar refractivity (Wildman–Crippen MR) is 109 cm³/mol. The van der Waals surface area contributed by atoms with Gasteiger partial charge in [-0.05, 0) is 26.0 Å². The van der Waals surface area contributed by atoms with Gasteiger partial charge >= 0.3 is 0 Å². The Morgan fingerprint density at radius 2 is 1.68 bits per heavy atom. The van der Waals surface area contributed by atoms with E-state index in [-0.39, 0.29) is 17.4 Å². The van der Waals surface area contributed by atoms with Crippen molar-refractivity contribution in [2.75, 3.05) is 5.73 Å². The van der Waals surface area contributed by atoms with Gasteiger partial charge in [0.2, 0.25) is 0 Å². The van der Waals surface area contributed by atoms with Gasteiger partial charge in [0.25, 0.3) is 5.56 Å². The van der Waals surface area contributed by atoms with E-state index in [1.54, 1.807) is 39.8 Å². The van der Waals surface area contributed by atoms with Crippen LogP contribution in [0, 0.1) is 0 Å². The van der Waals surface area contributed by atoms with Gasteiger partial charge in [0.1, 0.15) is 5.69 Å². The standard InChI is InChI=1S/C21H20N6O/c1-14(2)26-13-16(9-10-17(26)28)19-18(15-7-4-3-5-8-15)24-20(22)21(25-19)27-12-6-11-23-27/h3-14H,1-2H3,(H2,22,24). The van der Waals surface area contributed by atoms with Crippen molar-refractivity contribution >= 4 is 5.82 Å². The maximum Gasteiger partial charge on any atom is 0.250 e. The van der Waals surface area contributed by atoms with E-state index in [0.29, 0.717) is 17.2 Å². The Morgan fingerprint density at radius 1 is 0.929 bits per heavy atom. The lowest BCUT2D eigenvalue weighted by molar-refractivity contribution is 0.579. The minimum atomic E-state index is -0.0595. The second kappa shape index (κ2) is 7.11. The van der Waals surface area contributed by atoms with Crippen LogP contribution in [0.5, 0.6) is 0 Å². The van der Waals surface area contributed by atoms with Gasteiger partial charge in [-0.2, -0.15) is 5.10 Å². The van der Waals surface area contributed by atoms with E-state index < -0.39 is 0 Å². The van der Waals surface area contributed by atoms with Crippen LogP contribution in [0.3, 0.4) is 0 Å². The maximum absolute atomic E-state index is 12.2. The largest absolute Gasteiger partial charge is 0.381 e. The number of rotatable bonds is 4. The Hall–Kier alpha value is -3.74. The van der Waals surface area contributed by atoms with Gasteiger partial charge in [-0.1, -0.05) is 30.3 Å². The minimum Gasteiger partial charge on any atom is -0.381 e. The molecule has 0 spiro atoms. The zero-order chi connectivity index (χ0) is 19.7. The van der Waals surface area contributed by atoms with E-state index in [4.69, 9.17) is 10.7 Å². The number of hydrogen-bond acceptors (Lipinski definition) is 5. The molecule has 0 radical (unpaired) electrons. The Kier molecular flexibility index (Phi) is 4.49. The number of hydrogen-bond donors (Lipinski definition) is 1. The van der Waals surface area contributed by atoms with Crippen LogP contribution in [0.1, 0.15) is 19.9 Å². The van der Waals surface area contributed by atoms with Crippen LogP contribution in [0.15, 0.2) is 71.9 Å². The summed E-state index contributed by atoms with van der Waals surface area (Å²) in [6, 6.07) is 14.9. The maximum atomic E-state index is 12.2. The van der Waals surface area contributed by atoms with Crippen molar-refractivity contribution in [2.45, 2.75) is 19.9 Å². The fraction of sp³-hybridized carbons (Fsp3) is 0.143. The Bertz CT molecular complexity index is 1160. The lowest BCUT2D eigenvalue weighted by atomic mass is 10.1. The van der Waals surface area contributed by atoms with Crippen LogP contribution in [0.2, 0.25) is 0 Å². The average molecular weight is 372 g/mol. The highest BCUT2D eigenvalue weighted by molar-refractivity contribution is 5.79. The van der Waals surface area contributed by atoms with Crippen LogP contribution in [-0.2, 0) is 0 Å². The van der Waals surface area contributed by atoms with Crippen molar-refractivity contribution in [2.24, 2.45) is 0 Å². The van der Waals surface area contributed by atoms with Crippen LogP contribution in [-0.4, -0.2) is 24.3 Å². The molecule has 0 aliphatic carbocycles. The smallest absolute Gasteiger partial charge is 0.250 e. The summed E-state index contributed by atoms with van der Waals surface area (Å²) in [7, 11) is 0. The average Bonchev–Trinajstić information content (AvgIpc) is 3.23. The molecule has 0 unspecified atom stereocenters. The molecule has 0 fully saturated rings. The second-order valence-corrected chi connectivity index (χ2v) is 6.70. The van der Waals surface area contributed by atoms with Crippen molar-refractivity contribution in [3.05, 3.63) is 77.5 Å². The molecule has 7 heteroatoms. The van der Waals surface area contributed by atoms with Crippen LogP contribution in [0.25, 0.3) is 28.3 Å². The molecular weight excluding hydrogens is 352 g/mol. The van der Waals surface area contributed by atoms with E-state index in [9.17, 15) is 4.79 Å². The molecule has 0 atom stereocenters. The molecule has 7 nitrogen and oxygen atoms in total. The summed E-state index contributed by atoms with van der Waals surface area (Å²) in [5.74, 6) is 0.727. The molecule has 4 rings (SSSR count). The zero-order valence-electron chi connectivity index (χ0n) is 15.6. The Balaban J connectivity index is 2.00. The van der Waals surface area contributed by atoms with Gasteiger partial charge in [-0.3, -0.25) is 4.79 Å². The summed E-state index contributed by atoms with van der Waals surface area (Å²) in [4.78, 5) is 21.6. The number of nitrogens with two attached hydrogens (primary N) is 1. The first kappa shape index (κ1) is 17.7. The van der Waals surface area contributed by atoms with Gasteiger partial charge in [0.05, 0.1) is 5.69 Å². The molecule has 3 heterocycles. The number of nitrogen functional groups attached to an aromatic ring is 1. The summed E-state index contributed by atoms with van der Waals surface area (Å²) in [5, 5.41) is 4.22. The zero-order valence-corrected chi connectivity index (χ0v) is 15.6. The molecule has 3 aromatic heterocycles. The molecule has 0 aliphatic heterocycles. The molecule has 1 aromatic carbocycles. The lowest BCUT2D eigenvalue weighted by Crippen LogP contribution is -2.20. The third-order valence-electron chi connectivity index (χ3n) is 4.44. The Morgan fingerprint density at radius 3 is 2.36 bits per heavy atom. The predicted octanol–water partition coefficient (Wildman–Crippen LogP) is 3.32. The first-order valence-corrected chi connectivity index (χ1v) is 9.00. The molecule has 0 saturated carbocycles. The molecule has 2 N–H and O–H groups in total. The summed E-state index contributed by atoms with van der Waals surface area (Å²) in [5.41, 5.74) is 9.12. The number of nitrogens with zero attached hydrogens (tertiary/aromatic N) is 5. The molecule has 0 aliphatic rings. The van der Waals surface area contributed by atoms with E-state index in [0.717, 1.165) is 11.1 Å².